The monoisotopic (exact) mass is 365 g/mol. The van der Waals surface area contributed by atoms with Gasteiger partial charge in [0.1, 0.15) is 6.54 Å². The van der Waals surface area contributed by atoms with Crippen LogP contribution in [0.15, 0.2) is 47.4 Å². The molecule has 0 aliphatic heterocycles. The first-order chi connectivity index (χ1) is 13.0. The molecule has 27 heavy (non-hydrogen) atoms. The third-order valence-corrected chi connectivity index (χ3v) is 4.60. The van der Waals surface area contributed by atoms with Crippen LogP contribution in [0.1, 0.15) is 35.5 Å². The molecule has 3 aromatic rings. The topological polar surface area (TPSA) is 84.0 Å². The van der Waals surface area contributed by atoms with Crippen LogP contribution in [0.25, 0.3) is 10.9 Å². The lowest BCUT2D eigenvalue weighted by molar-refractivity contribution is -0.121. The molecule has 0 fully saturated rings. The number of rotatable bonds is 7. The van der Waals surface area contributed by atoms with Gasteiger partial charge in [-0.25, -0.2) is 0 Å². The highest BCUT2D eigenvalue weighted by molar-refractivity contribution is 6.07. The molecule has 0 saturated heterocycles. The molecule has 0 aliphatic carbocycles. The predicted octanol–water partition coefficient (Wildman–Crippen LogP) is 2.45. The maximum atomic E-state index is 12.4. The van der Waals surface area contributed by atoms with Crippen LogP contribution in [0.5, 0.6) is 0 Å². The molecule has 6 nitrogen and oxygen atoms in total. The lowest BCUT2D eigenvalue weighted by atomic mass is 10.1. The van der Waals surface area contributed by atoms with Crippen LogP contribution < -0.4 is 10.9 Å². The van der Waals surface area contributed by atoms with Gasteiger partial charge in [0.2, 0.25) is 11.5 Å². The summed E-state index contributed by atoms with van der Waals surface area (Å²) in [6.07, 6.45) is 3.13. The smallest absolute Gasteiger partial charge is 0.248 e. The Kier molecular flexibility index (Phi) is 5.54. The Balaban J connectivity index is 1.74. The zero-order valence-electron chi connectivity index (χ0n) is 15.5. The van der Waals surface area contributed by atoms with E-state index in [4.69, 9.17) is 0 Å². The van der Waals surface area contributed by atoms with Crippen LogP contribution in [0.3, 0.4) is 0 Å². The average Bonchev–Trinajstić information content (AvgIpc) is 3.01. The van der Waals surface area contributed by atoms with E-state index >= 15 is 0 Å². The Hall–Kier alpha value is -3.15. The molecule has 6 heteroatoms. The Bertz CT molecular complexity index is 1050. The van der Waals surface area contributed by atoms with Crippen LogP contribution in [0.4, 0.5) is 0 Å². The van der Waals surface area contributed by atoms with Crippen molar-refractivity contribution in [2.75, 3.05) is 6.54 Å². The molecule has 0 radical (unpaired) electrons. The Labute approximate surface area is 157 Å². The summed E-state index contributed by atoms with van der Waals surface area (Å²) in [4.78, 5) is 38.4. The number of aromatic nitrogens is 2. The maximum Gasteiger partial charge on any atom is 0.248 e. The first-order valence-electron chi connectivity index (χ1n) is 9.06. The number of ketones is 1. The highest BCUT2D eigenvalue weighted by Gasteiger charge is 2.16. The summed E-state index contributed by atoms with van der Waals surface area (Å²) < 4.78 is 1.85. The van der Waals surface area contributed by atoms with Gasteiger partial charge in [-0.3, -0.25) is 14.4 Å². The van der Waals surface area contributed by atoms with Crippen molar-refractivity contribution in [1.82, 2.24) is 14.9 Å². The largest absolute Gasteiger partial charge is 0.354 e. The third kappa shape index (κ3) is 4.16. The summed E-state index contributed by atoms with van der Waals surface area (Å²) in [5.74, 6) is -0.147. The molecule has 0 bridgehead atoms. The molecule has 0 aliphatic rings. The lowest BCUT2D eigenvalue weighted by Crippen LogP contribution is -2.29. The van der Waals surface area contributed by atoms with E-state index in [2.05, 4.69) is 17.2 Å². The van der Waals surface area contributed by atoms with E-state index in [0.717, 1.165) is 28.6 Å². The van der Waals surface area contributed by atoms with Gasteiger partial charge in [-0.2, -0.15) is 0 Å². The van der Waals surface area contributed by atoms with Gasteiger partial charge >= 0.3 is 0 Å². The second-order valence-electron chi connectivity index (χ2n) is 6.53. The number of benzene rings is 1. The van der Waals surface area contributed by atoms with Crippen molar-refractivity contribution < 1.29 is 9.59 Å². The Morgan fingerprint density at radius 2 is 1.93 bits per heavy atom. The van der Waals surface area contributed by atoms with E-state index in [-0.39, 0.29) is 23.8 Å². The normalized spacial score (nSPS) is 10.9. The van der Waals surface area contributed by atoms with E-state index in [0.29, 0.717) is 18.5 Å². The number of amides is 1. The van der Waals surface area contributed by atoms with Crippen LogP contribution in [-0.4, -0.2) is 27.8 Å². The highest BCUT2D eigenvalue weighted by atomic mass is 16.2. The average molecular weight is 365 g/mol. The number of hydrogen-bond donors (Lipinski definition) is 2. The lowest BCUT2D eigenvalue weighted by Gasteiger charge is -2.09. The van der Waals surface area contributed by atoms with Gasteiger partial charge in [-0.1, -0.05) is 31.2 Å². The molecule has 1 amide bonds. The molecule has 0 spiro atoms. The number of H-pyrrole nitrogens is 1. The van der Waals surface area contributed by atoms with Gasteiger partial charge in [0.25, 0.3) is 0 Å². The molecule has 1 aromatic carbocycles. The third-order valence-electron chi connectivity index (χ3n) is 4.60. The van der Waals surface area contributed by atoms with Crippen molar-refractivity contribution in [3.63, 3.8) is 0 Å². The van der Waals surface area contributed by atoms with Crippen LogP contribution in [0.2, 0.25) is 0 Å². The van der Waals surface area contributed by atoms with Gasteiger partial charge in [0, 0.05) is 41.9 Å². The van der Waals surface area contributed by atoms with Crippen LogP contribution in [-0.2, 0) is 24.2 Å². The highest BCUT2D eigenvalue weighted by Crippen LogP contribution is 2.25. The summed E-state index contributed by atoms with van der Waals surface area (Å²) in [6.45, 7) is 4.17. The van der Waals surface area contributed by atoms with Crippen molar-refractivity contribution >= 4 is 22.6 Å². The summed E-state index contributed by atoms with van der Waals surface area (Å²) in [5, 5.41) is 3.76. The fourth-order valence-electron chi connectivity index (χ4n) is 3.31. The Morgan fingerprint density at radius 1 is 1.15 bits per heavy atom. The molecule has 0 unspecified atom stereocenters. The summed E-state index contributed by atoms with van der Waals surface area (Å²) >= 11 is 0. The number of fused-ring (bicyclic) bond motifs is 1. The summed E-state index contributed by atoms with van der Waals surface area (Å²) in [6, 6.07) is 10.9. The minimum absolute atomic E-state index is 0.0135. The molecule has 2 heterocycles. The van der Waals surface area contributed by atoms with Crippen molar-refractivity contribution in [2.24, 2.45) is 0 Å². The zero-order valence-corrected chi connectivity index (χ0v) is 15.5. The number of para-hydroxylation sites is 1. The molecule has 140 valence electrons. The molecular weight excluding hydrogens is 342 g/mol. The number of pyridine rings is 1. The SMILES string of the molecule is CCc1cccc2c(C(C)=O)cn(CC(=O)NCCc3cccc(=O)[nH]3)c12. The standard InChI is InChI=1S/C21H23N3O3/c1-3-15-6-4-8-17-18(14(2)25)12-24(21(15)17)13-20(27)22-11-10-16-7-5-9-19(26)23-16/h4-9,12H,3,10-11,13H2,1-2H3,(H,22,27)(H,23,26). The first-order valence-corrected chi connectivity index (χ1v) is 9.06. The van der Waals surface area contributed by atoms with E-state index in [1.165, 1.54) is 6.07 Å². The number of hydrogen-bond acceptors (Lipinski definition) is 3. The zero-order chi connectivity index (χ0) is 19.4. The van der Waals surface area contributed by atoms with Gasteiger partial charge in [-0.05, 0) is 25.0 Å². The summed E-state index contributed by atoms with van der Waals surface area (Å²) in [7, 11) is 0. The van der Waals surface area contributed by atoms with E-state index < -0.39 is 0 Å². The number of Topliss-reactive ketones (excluding diaryl/α,β-unsaturated/α-hetero) is 1. The maximum absolute atomic E-state index is 12.4. The van der Waals surface area contributed by atoms with Gasteiger partial charge in [0.05, 0.1) is 5.52 Å². The fraction of sp³-hybridized carbons (Fsp3) is 0.286. The number of nitrogens with zero attached hydrogens (tertiary/aromatic N) is 1. The fourth-order valence-corrected chi connectivity index (χ4v) is 3.31. The Morgan fingerprint density at radius 3 is 2.63 bits per heavy atom. The van der Waals surface area contributed by atoms with Crippen molar-refractivity contribution in [3.05, 3.63) is 69.8 Å². The molecule has 3 rings (SSSR count). The van der Waals surface area contributed by atoms with Crippen LogP contribution in [0, 0.1) is 0 Å². The van der Waals surface area contributed by atoms with Crippen molar-refractivity contribution in [1.29, 1.82) is 0 Å². The van der Waals surface area contributed by atoms with Crippen molar-refractivity contribution in [2.45, 2.75) is 33.2 Å². The number of aryl methyl sites for hydroxylation is 1. The second kappa shape index (κ2) is 8.03. The summed E-state index contributed by atoms with van der Waals surface area (Å²) in [5.41, 5.74) is 3.31. The quantitative estimate of drug-likeness (QED) is 0.631. The van der Waals surface area contributed by atoms with Gasteiger partial charge in [-0.15, -0.1) is 0 Å². The predicted molar refractivity (Wildman–Crippen MR) is 105 cm³/mol. The van der Waals surface area contributed by atoms with Crippen molar-refractivity contribution in [3.8, 4) is 0 Å². The first kappa shape index (κ1) is 18.6. The number of carbonyl (C=O) groups excluding carboxylic acids is 2. The number of aromatic amines is 1. The minimum Gasteiger partial charge on any atom is -0.354 e. The molecule has 2 N–H and O–H groups in total. The van der Waals surface area contributed by atoms with Gasteiger partial charge in [0.15, 0.2) is 5.78 Å². The number of carbonyl (C=O) groups is 2. The minimum atomic E-state index is -0.151. The second-order valence-corrected chi connectivity index (χ2v) is 6.53. The number of nitrogens with one attached hydrogen (secondary N) is 2. The van der Waals surface area contributed by atoms with E-state index in [9.17, 15) is 14.4 Å². The molecular formula is C21H23N3O3. The van der Waals surface area contributed by atoms with Gasteiger partial charge < -0.3 is 14.9 Å². The molecule has 0 atom stereocenters. The van der Waals surface area contributed by atoms with E-state index in [1.54, 1.807) is 19.2 Å². The molecule has 2 aromatic heterocycles. The molecule has 0 saturated carbocycles. The van der Waals surface area contributed by atoms with E-state index in [1.807, 2.05) is 28.8 Å². The van der Waals surface area contributed by atoms with Crippen LogP contribution >= 0.6 is 0 Å².